The van der Waals surface area contributed by atoms with Gasteiger partial charge < -0.3 is 0 Å². The first-order chi connectivity index (χ1) is 8.36. The van der Waals surface area contributed by atoms with Crippen molar-refractivity contribution in [2.75, 3.05) is 0 Å². The fourth-order valence-corrected chi connectivity index (χ4v) is 3.52. The molecule has 0 atom stereocenters. The minimum Gasteiger partial charge on any atom is -0.0616 e. The van der Waals surface area contributed by atoms with Gasteiger partial charge in [0.05, 0.1) is 0 Å². The zero-order chi connectivity index (χ0) is 11.4. The smallest absolute Gasteiger partial charge is 0.0215 e. The minimum absolute atomic E-state index is 1.34. The van der Waals surface area contributed by atoms with E-state index in [2.05, 4.69) is 77.2 Å². The molecule has 0 radical (unpaired) electrons. The summed E-state index contributed by atoms with van der Waals surface area (Å²) in [6.07, 6.45) is 0. The summed E-state index contributed by atoms with van der Waals surface area (Å²) in [5.41, 5.74) is 5.54. The van der Waals surface area contributed by atoms with Crippen LogP contribution in [0.2, 0.25) is 0 Å². The molecule has 0 amide bonds. The first-order valence-electron chi connectivity index (χ1n) is 5.67. The molecular weight excluding hydrogens is 319 g/mol. The minimum atomic E-state index is 1.34. The summed E-state index contributed by atoms with van der Waals surface area (Å²) in [6, 6.07) is 19.7. The standard InChI is InChI=1S/C16H9I/c17-14-9-8-10-4-3-7-12-11-5-1-2-6-13(11)16(14)15(10)12/h1-9H. The second-order valence-corrected chi connectivity index (χ2v) is 5.53. The van der Waals surface area contributed by atoms with Gasteiger partial charge in [-0.15, -0.1) is 0 Å². The van der Waals surface area contributed by atoms with Gasteiger partial charge in [0, 0.05) is 9.13 Å². The molecule has 0 aromatic heterocycles. The maximum absolute atomic E-state index is 2.44. The van der Waals surface area contributed by atoms with Gasteiger partial charge in [-0.05, 0) is 56.1 Å². The van der Waals surface area contributed by atoms with E-state index in [9.17, 15) is 0 Å². The van der Waals surface area contributed by atoms with E-state index >= 15 is 0 Å². The van der Waals surface area contributed by atoms with Gasteiger partial charge in [0.25, 0.3) is 0 Å². The highest BCUT2D eigenvalue weighted by molar-refractivity contribution is 14.1. The van der Waals surface area contributed by atoms with Crippen molar-refractivity contribution in [3.8, 4) is 22.3 Å². The van der Waals surface area contributed by atoms with Crippen molar-refractivity contribution >= 4 is 33.4 Å². The molecule has 0 saturated carbocycles. The zero-order valence-corrected chi connectivity index (χ0v) is 11.2. The van der Waals surface area contributed by atoms with Gasteiger partial charge in [0.2, 0.25) is 0 Å². The molecule has 0 fully saturated rings. The third-order valence-electron chi connectivity index (χ3n) is 3.48. The Hall–Kier alpha value is -1.35. The molecule has 0 unspecified atom stereocenters. The van der Waals surface area contributed by atoms with Crippen LogP contribution in [-0.4, -0.2) is 0 Å². The second-order valence-electron chi connectivity index (χ2n) is 4.37. The van der Waals surface area contributed by atoms with Gasteiger partial charge in [0.15, 0.2) is 0 Å². The Morgan fingerprint density at radius 1 is 0.647 bits per heavy atom. The summed E-state index contributed by atoms with van der Waals surface area (Å²) in [4.78, 5) is 0. The summed E-state index contributed by atoms with van der Waals surface area (Å²) >= 11 is 2.44. The summed E-state index contributed by atoms with van der Waals surface area (Å²) in [7, 11) is 0. The Labute approximate surface area is 113 Å². The van der Waals surface area contributed by atoms with Crippen LogP contribution in [0, 0.1) is 3.57 Å². The van der Waals surface area contributed by atoms with Gasteiger partial charge in [-0.25, -0.2) is 0 Å². The third-order valence-corrected chi connectivity index (χ3v) is 4.38. The molecule has 3 aromatic carbocycles. The van der Waals surface area contributed by atoms with Crippen LogP contribution in [0.25, 0.3) is 33.0 Å². The van der Waals surface area contributed by atoms with Crippen LogP contribution in [-0.2, 0) is 0 Å². The molecular formula is C16H9I. The van der Waals surface area contributed by atoms with Gasteiger partial charge >= 0.3 is 0 Å². The molecule has 4 rings (SSSR count). The Kier molecular flexibility index (Phi) is 1.89. The number of halogens is 1. The Morgan fingerprint density at radius 3 is 2.29 bits per heavy atom. The van der Waals surface area contributed by atoms with Crippen LogP contribution < -0.4 is 0 Å². The largest absolute Gasteiger partial charge is 0.0616 e. The van der Waals surface area contributed by atoms with Gasteiger partial charge in [-0.2, -0.15) is 0 Å². The van der Waals surface area contributed by atoms with Crippen molar-refractivity contribution in [1.82, 2.24) is 0 Å². The first-order valence-corrected chi connectivity index (χ1v) is 6.75. The summed E-state index contributed by atoms with van der Waals surface area (Å²) in [6.45, 7) is 0. The molecule has 1 heteroatoms. The predicted octanol–water partition coefficient (Wildman–Crippen LogP) is 5.09. The lowest BCUT2D eigenvalue weighted by molar-refractivity contribution is 1.67. The fraction of sp³-hybridized carbons (Fsp3) is 0. The second kappa shape index (κ2) is 3.33. The van der Waals surface area contributed by atoms with E-state index in [4.69, 9.17) is 0 Å². The molecule has 1 aliphatic carbocycles. The highest BCUT2D eigenvalue weighted by Crippen LogP contribution is 2.48. The van der Waals surface area contributed by atoms with Crippen molar-refractivity contribution in [2.45, 2.75) is 0 Å². The average Bonchev–Trinajstić information content (AvgIpc) is 2.71. The van der Waals surface area contributed by atoms with E-state index in [-0.39, 0.29) is 0 Å². The molecule has 1 aliphatic rings. The zero-order valence-electron chi connectivity index (χ0n) is 9.07. The number of hydrogen-bond acceptors (Lipinski definition) is 0. The summed E-state index contributed by atoms with van der Waals surface area (Å²) < 4.78 is 1.34. The quantitative estimate of drug-likeness (QED) is 0.394. The average molecular weight is 328 g/mol. The molecule has 0 heterocycles. The van der Waals surface area contributed by atoms with Crippen LogP contribution in [0.5, 0.6) is 0 Å². The lowest BCUT2D eigenvalue weighted by atomic mass is 10.0. The van der Waals surface area contributed by atoms with Crippen LogP contribution in [0.4, 0.5) is 0 Å². The Bertz CT molecular complexity index is 757. The lowest BCUT2D eigenvalue weighted by Crippen LogP contribution is -1.80. The normalized spacial score (nSPS) is 11.8. The molecule has 0 saturated heterocycles. The van der Waals surface area contributed by atoms with E-state index in [1.165, 1.54) is 36.6 Å². The molecule has 0 nitrogen and oxygen atoms in total. The topological polar surface area (TPSA) is 0 Å². The Morgan fingerprint density at radius 2 is 1.41 bits per heavy atom. The van der Waals surface area contributed by atoms with Gasteiger partial charge in [-0.1, -0.05) is 48.5 Å². The summed E-state index contributed by atoms with van der Waals surface area (Å²) in [5, 5.41) is 2.76. The van der Waals surface area contributed by atoms with E-state index in [0.717, 1.165) is 0 Å². The van der Waals surface area contributed by atoms with Crippen molar-refractivity contribution in [3.63, 3.8) is 0 Å². The first kappa shape index (κ1) is 9.66. The number of fused-ring (bicyclic) bond motifs is 3. The number of rotatable bonds is 0. The van der Waals surface area contributed by atoms with E-state index in [1.54, 1.807) is 0 Å². The third kappa shape index (κ3) is 1.18. The maximum atomic E-state index is 2.44. The van der Waals surface area contributed by atoms with E-state index in [0.29, 0.717) is 0 Å². The monoisotopic (exact) mass is 328 g/mol. The van der Waals surface area contributed by atoms with Crippen LogP contribution in [0.3, 0.4) is 0 Å². The van der Waals surface area contributed by atoms with Crippen molar-refractivity contribution < 1.29 is 0 Å². The molecule has 0 aliphatic heterocycles. The fourth-order valence-electron chi connectivity index (χ4n) is 2.78. The molecule has 0 N–H and O–H groups in total. The van der Waals surface area contributed by atoms with Gasteiger partial charge in [-0.3, -0.25) is 0 Å². The molecule has 80 valence electrons. The lowest BCUT2D eigenvalue weighted by Gasteiger charge is -2.04. The predicted molar refractivity (Wildman–Crippen MR) is 81.1 cm³/mol. The van der Waals surface area contributed by atoms with E-state index in [1.807, 2.05) is 0 Å². The highest BCUT2D eigenvalue weighted by atomic mass is 127. The highest BCUT2D eigenvalue weighted by Gasteiger charge is 2.22. The molecule has 0 spiro atoms. The van der Waals surface area contributed by atoms with Crippen molar-refractivity contribution in [2.24, 2.45) is 0 Å². The Balaban J connectivity index is 2.33. The van der Waals surface area contributed by atoms with Gasteiger partial charge in [0.1, 0.15) is 0 Å². The molecule has 3 aromatic rings. The van der Waals surface area contributed by atoms with Crippen LogP contribution >= 0.6 is 22.6 Å². The SMILES string of the molecule is Ic1ccc2cccc3c2c1-c1ccccc1-3. The molecule has 0 bridgehead atoms. The summed E-state index contributed by atoms with van der Waals surface area (Å²) in [5.74, 6) is 0. The van der Waals surface area contributed by atoms with E-state index < -0.39 is 0 Å². The van der Waals surface area contributed by atoms with Crippen LogP contribution in [0.15, 0.2) is 54.6 Å². The van der Waals surface area contributed by atoms with Crippen molar-refractivity contribution in [1.29, 1.82) is 0 Å². The molecule has 17 heavy (non-hydrogen) atoms. The number of hydrogen-bond donors (Lipinski definition) is 0. The maximum Gasteiger partial charge on any atom is 0.0215 e. The number of benzene rings is 3. The van der Waals surface area contributed by atoms with Crippen LogP contribution in [0.1, 0.15) is 0 Å². The van der Waals surface area contributed by atoms with Crippen molar-refractivity contribution in [3.05, 3.63) is 58.2 Å².